The van der Waals surface area contributed by atoms with Gasteiger partial charge < -0.3 is 9.88 Å². The van der Waals surface area contributed by atoms with Crippen molar-refractivity contribution in [3.05, 3.63) is 58.1 Å². The Balaban J connectivity index is 1.47. The molecule has 0 radical (unpaired) electrons. The zero-order valence-corrected chi connectivity index (χ0v) is 14.9. The Hall–Kier alpha value is -2.11. The summed E-state index contributed by atoms with van der Waals surface area (Å²) in [5.74, 6) is 1.14. The number of likely N-dealkylation sites (tertiary alicyclic amines) is 1. The van der Waals surface area contributed by atoms with E-state index in [1.54, 1.807) is 17.0 Å². The highest BCUT2D eigenvalue weighted by molar-refractivity contribution is 6.34. The molecule has 1 saturated heterocycles. The number of hydrogen-bond acceptors (Lipinski definition) is 3. The minimum atomic E-state index is -0.171. The van der Waals surface area contributed by atoms with Gasteiger partial charge in [-0.3, -0.25) is 4.79 Å². The first-order valence-corrected chi connectivity index (χ1v) is 8.93. The van der Waals surface area contributed by atoms with Crippen LogP contribution in [0.5, 0.6) is 0 Å². The number of pyridine rings is 1. The maximum Gasteiger partial charge on any atom is 0.274 e. The molecule has 1 N–H and O–H groups in total. The van der Waals surface area contributed by atoms with Gasteiger partial charge in [0.15, 0.2) is 0 Å². The lowest BCUT2D eigenvalue weighted by molar-refractivity contribution is 0.0705. The number of piperidine rings is 1. The molecule has 4 rings (SSSR count). The number of aromatic amines is 1. The Labute approximate surface area is 155 Å². The quantitative estimate of drug-likeness (QED) is 0.680. The summed E-state index contributed by atoms with van der Waals surface area (Å²) < 4.78 is 0. The van der Waals surface area contributed by atoms with Gasteiger partial charge >= 0.3 is 0 Å². The Morgan fingerprint density at radius 3 is 2.60 bits per heavy atom. The first-order chi connectivity index (χ1) is 12.1. The van der Waals surface area contributed by atoms with E-state index in [-0.39, 0.29) is 16.8 Å². The second-order valence-corrected chi connectivity index (χ2v) is 6.96. The molecule has 3 heterocycles. The SMILES string of the molecule is O=C(c1nc(Cl)ccc1Cl)N1CCC(c2nc3ccccc3[nH]2)CC1. The van der Waals surface area contributed by atoms with Crippen LogP contribution in [-0.4, -0.2) is 38.8 Å². The summed E-state index contributed by atoms with van der Waals surface area (Å²) in [5, 5.41) is 0.596. The fraction of sp³-hybridized carbons (Fsp3) is 0.278. The van der Waals surface area contributed by atoms with Crippen LogP contribution in [0.25, 0.3) is 11.0 Å². The van der Waals surface area contributed by atoms with Crippen molar-refractivity contribution in [2.45, 2.75) is 18.8 Å². The smallest absolute Gasteiger partial charge is 0.274 e. The molecule has 1 aliphatic heterocycles. The van der Waals surface area contributed by atoms with Crippen LogP contribution < -0.4 is 0 Å². The first kappa shape index (κ1) is 16.4. The number of hydrogen-bond donors (Lipinski definition) is 1. The van der Waals surface area contributed by atoms with Gasteiger partial charge in [0.25, 0.3) is 5.91 Å². The standard InChI is InChI=1S/C18H16Cl2N4O/c19-12-5-6-15(20)23-16(12)18(25)24-9-7-11(8-10-24)17-21-13-3-1-2-4-14(13)22-17/h1-6,11H,7-10H2,(H,21,22). The number of rotatable bonds is 2. The molecule has 0 bridgehead atoms. The number of amides is 1. The van der Waals surface area contributed by atoms with Gasteiger partial charge in [0.2, 0.25) is 0 Å². The monoisotopic (exact) mass is 374 g/mol. The third kappa shape index (κ3) is 3.22. The molecule has 2 aromatic heterocycles. The second kappa shape index (κ2) is 6.65. The number of fused-ring (bicyclic) bond motifs is 1. The van der Waals surface area contributed by atoms with Crippen molar-refractivity contribution in [1.82, 2.24) is 19.9 Å². The number of para-hydroxylation sites is 2. The maximum atomic E-state index is 12.7. The van der Waals surface area contributed by atoms with Crippen LogP contribution in [0, 0.1) is 0 Å². The average molecular weight is 375 g/mol. The van der Waals surface area contributed by atoms with Gasteiger partial charge in [-0.2, -0.15) is 0 Å². The average Bonchev–Trinajstić information content (AvgIpc) is 3.07. The Morgan fingerprint density at radius 1 is 1.08 bits per heavy atom. The van der Waals surface area contributed by atoms with E-state index in [1.165, 1.54) is 0 Å². The predicted octanol–water partition coefficient (Wildman–Crippen LogP) is 4.28. The number of halogens is 2. The van der Waals surface area contributed by atoms with Gasteiger partial charge in [0.05, 0.1) is 16.1 Å². The molecule has 3 aromatic rings. The van der Waals surface area contributed by atoms with Crippen LogP contribution in [0.2, 0.25) is 10.2 Å². The molecule has 128 valence electrons. The van der Waals surface area contributed by atoms with Crippen LogP contribution >= 0.6 is 23.2 Å². The lowest BCUT2D eigenvalue weighted by atomic mass is 9.96. The van der Waals surface area contributed by atoms with E-state index in [0.717, 1.165) is 29.7 Å². The highest BCUT2D eigenvalue weighted by atomic mass is 35.5. The van der Waals surface area contributed by atoms with Crippen molar-refractivity contribution >= 4 is 40.1 Å². The lowest BCUT2D eigenvalue weighted by Crippen LogP contribution is -2.38. The third-order valence-corrected chi connectivity index (χ3v) is 5.11. The van der Waals surface area contributed by atoms with Crippen molar-refractivity contribution in [3.63, 3.8) is 0 Å². The molecular weight excluding hydrogens is 359 g/mol. The molecule has 1 fully saturated rings. The molecule has 1 aromatic carbocycles. The lowest BCUT2D eigenvalue weighted by Gasteiger charge is -2.31. The Morgan fingerprint density at radius 2 is 1.84 bits per heavy atom. The predicted molar refractivity (Wildman–Crippen MR) is 98.2 cm³/mol. The molecule has 0 spiro atoms. The summed E-state index contributed by atoms with van der Waals surface area (Å²) >= 11 is 12.0. The largest absolute Gasteiger partial charge is 0.342 e. The van der Waals surface area contributed by atoms with E-state index in [4.69, 9.17) is 23.2 Å². The molecule has 7 heteroatoms. The van der Waals surface area contributed by atoms with Gasteiger partial charge in [-0.25, -0.2) is 9.97 Å². The minimum Gasteiger partial charge on any atom is -0.342 e. The highest BCUT2D eigenvalue weighted by Gasteiger charge is 2.28. The van der Waals surface area contributed by atoms with Crippen molar-refractivity contribution in [2.24, 2.45) is 0 Å². The molecule has 5 nitrogen and oxygen atoms in total. The minimum absolute atomic E-state index is 0.171. The summed E-state index contributed by atoms with van der Waals surface area (Å²) in [5.41, 5.74) is 2.24. The molecule has 0 aliphatic carbocycles. The van der Waals surface area contributed by atoms with Crippen molar-refractivity contribution < 1.29 is 4.79 Å². The number of nitrogens with zero attached hydrogens (tertiary/aromatic N) is 3. The summed E-state index contributed by atoms with van der Waals surface area (Å²) in [4.78, 5) is 26.6. The Kier molecular flexibility index (Phi) is 4.36. The van der Waals surface area contributed by atoms with Gasteiger partial charge in [0.1, 0.15) is 16.7 Å². The van der Waals surface area contributed by atoms with Crippen molar-refractivity contribution in [2.75, 3.05) is 13.1 Å². The van der Waals surface area contributed by atoms with E-state index >= 15 is 0 Å². The van der Waals surface area contributed by atoms with Gasteiger partial charge in [0, 0.05) is 19.0 Å². The van der Waals surface area contributed by atoms with E-state index in [2.05, 4.69) is 15.0 Å². The molecular formula is C18H16Cl2N4O. The number of carbonyl (C=O) groups excluding carboxylic acids is 1. The number of H-pyrrole nitrogens is 1. The van der Waals surface area contributed by atoms with Crippen LogP contribution in [-0.2, 0) is 0 Å². The van der Waals surface area contributed by atoms with Crippen LogP contribution in [0.1, 0.15) is 35.1 Å². The third-order valence-electron chi connectivity index (χ3n) is 4.59. The van der Waals surface area contributed by atoms with Gasteiger partial charge in [-0.15, -0.1) is 0 Å². The number of aromatic nitrogens is 3. The van der Waals surface area contributed by atoms with E-state index in [0.29, 0.717) is 24.0 Å². The van der Waals surface area contributed by atoms with E-state index in [1.807, 2.05) is 24.3 Å². The molecule has 0 atom stereocenters. The maximum absolute atomic E-state index is 12.7. The van der Waals surface area contributed by atoms with Crippen LogP contribution in [0.3, 0.4) is 0 Å². The summed E-state index contributed by atoms with van der Waals surface area (Å²) in [6.45, 7) is 1.29. The van der Waals surface area contributed by atoms with E-state index in [9.17, 15) is 4.79 Å². The summed E-state index contributed by atoms with van der Waals surface area (Å²) in [6.07, 6.45) is 1.70. The normalized spacial score (nSPS) is 15.7. The number of nitrogens with one attached hydrogen (secondary N) is 1. The molecule has 25 heavy (non-hydrogen) atoms. The zero-order chi connectivity index (χ0) is 17.4. The molecule has 0 unspecified atom stereocenters. The Bertz CT molecular complexity index is 899. The summed E-state index contributed by atoms with van der Waals surface area (Å²) in [6, 6.07) is 11.2. The fourth-order valence-electron chi connectivity index (χ4n) is 3.24. The number of carbonyl (C=O) groups is 1. The molecule has 1 amide bonds. The van der Waals surface area contributed by atoms with Crippen molar-refractivity contribution in [3.8, 4) is 0 Å². The zero-order valence-electron chi connectivity index (χ0n) is 13.4. The number of benzene rings is 1. The van der Waals surface area contributed by atoms with Crippen LogP contribution in [0.15, 0.2) is 36.4 Å². The summed E-state index contributed by atoms with van der Waals surface area (Å²) in [7, 11) is 0. The number of imidazole rings is 1. The fourth-order valence-corrected chi connectivity index (χ4v) is 3.57. The highest BCUT2D eigenvalue weighted by Crippen LogP contribution is 2.29. The van der Waals surface area contributed by atoms with Gasteiger partial charge in [-0.05, 0) is 37.1 Å². The van der Waals surface area contributed by atoms with Crippen LogP contribution in [0.4, 0.5) is 0 Å². The van der Waals surface area contributed by atoms with Crippen molar-refractivity contribution in [1.29, 1.82) is 0 Å². The van der Waals surface area contributed by atoms with E-state index < -0.39 is 0 Å². The topological polar surface area (TPSA) is 61.9 Å². The molecule has 1 aliphatic rings. The van der Waals surface area contributed by atoms with Gasteiger partial charge in [-0.1, -0.05) is 35.3 Å². The second-order valence-electron chi connectivity index (χ2n) is 6.17. The first-order valence-electron chi connectivity index (χ1n) is 8.18. The molecule has 0 saturated carbocycles.